The molecular weight excluding hydrogens is 374 g/mol. The molecule has 1 saturated carbocycles. The van der Waals surface area contributed by atoms with Crippen molar-refractivity contribution in [3.05, 3.63) is 0 Å². The van der Waals surface area contributed by atoms with Crippen LogP contribution in [-0.2, 0) is 19.1 Å². The minimum absolute atomic E-state index is 0.119. The molecule has 0 radical (unpaired) electrons. The zero-order chi connectivity index (χ0) is 17.0. The maximum absolute atomic E-state index is 12.4. The highest BCUT2D eigenvalue weighted by Gasteiger charge is 2.58. The predicted octanol–water partition coefficient (Wildman–Crippen LogP) is 4.12. The summed E-state index contributed by atoms with van der Waals surface area (Å²) in [5, 5.41) is 0. The van der Waals surface area contributed by atoms with Crippen LogP contribution in [0.5, 0.6) is 0 Å². The van der Waals surface area contributed by atoms with Gasteiger partial charge in [-0.3, -0.25) is 9.59 Å². The molecule has 1 rings (SSSR count). The molecule has 128 valence electrons. The van der Waals surface area contributed by atoms with Gasteiger partial charge in [0.15, 0.2) is 9.21 Å². The lowest BCUT2D eigenvalue weighted by atomic mass is 9.84. The summed E-state index contributed by atoms with van der Waals surface area (Å²) in [6, 6.07) is 0. The van der Waals surface area contributed by atoms with Crippen molar-refractivity contribution in [3.8, 4) is 0 Å². The van der Waals surface area contributed by atoms with Crippen LogP contribution in [0.2, 0.25) is 0 Å². The Hall–Kier alpha value is 0.1000. The molecule has 0 aromatic rings. The molecule has 8 heteroatoms. The lowest BCUT2D eigenvalue weighted by molar-refractivity contribution is -0.172. The Kier molecular flexibility index (Phi) is 7.58. The number of alkyl halides is 4. The van der Waals surface area contributed by atoms with E-state index >= 15 is 0 Å². The minimum atomic E-state index is -1.46. The zero-order valence-electron chi connectivity index (χ0n) is 12.5. The van der Waals surface area contributed by atoms with E-state index in [2.05, 4.69) is 0 Å². The van der Waals surface area contributed by atoms with Crippen molar-refractivity contribution in [2.75, 3.05) is 19.1 Å². The zero-order valence-corrected chi connectivity index (χ0v) is 15.6. The van der Waals surface area contributed by atoms with E-state index in [-0.39, 0.29) is 50.2 Å². The van der Waals surface area contributed by atoms with E-state index in [1.165, 1.54) is 0 Å². The van der Waals surface area contributed by atoms with Gasteiger partial charge in [-0.25, -0.2) is 0 Å². The first-order chi connectivity index (χ1) is 10.2. The van der Waals surface area contributed by atoms with E-state index in [0.29, 0.717) is 0 Å². The normalized spacial score (nSPS) is 24.1. The van der Waals surface area contributed by atoms with Crippen LogP contribution in [-0.4, -0.2) is 34.8 Å². The number of hydrogen-bond acceptors (Lipinski definition) is 4. The number of ether oxygens (including phenoxy) is 2. The number of esters is 2. The van der Waals surface area contributed by atoms with Crippen LogP contribution in [0.15, 0.2) is 0 Å². The van der Waals surface area contributed by atoms with E-state index in [9.17, 15) is 9.59 Å². The fourth-order valence-corrected chi connectivity index (χ4v) is 3.94. The first kappa shape index (κ1) is 20.1. The molecule has 1 fully saturated rings. The molecule has 0 aromatic carbocycles. The van der Waals surface area contributed by atoms with Gasteiger partial charge in [-0.2, -0.15) is 0 Å². The molecule has 0 N–H and O–H groups in total. The van der Waals surface area contributed by atoms with Crippen molar-refractivity contribution in [2.45, 2.75) is 36.9 Å². The highest BCUT2D eigenvalue weighted by molar-refractivity contribution is 6.67. The summed E-state index contributed by atoms with van der Waals surface area (Å²) < 4.78 is 8.71. The van der Waals surface area contributed by atoms with Crippen LogP contribution in [0.3, 0.4) is 0 Å². The fourth-order valence-electron chi connectivity index (χ4n) is 2.98. The van der Waals surface area contributed by atoms with Gasteiger partial charge < -0.3 is 9.47 Å². The first-order valence-electron chi connectivity index (χ1n) is 7.17. The van der Waals surface area contributed by atoms with Crippen molar-refractivity contribution in [1.29, 1.82) is 0 Å². The summed E-state index contributed by atoms with van der Waals surface area (Å²) >= 11 is 23.6. The highest BCUT2D eigenvalue weighted by atomic mass is 35.6. The van der Waals surface area contributed by atoms with Gasteiger partial charge in [0.25, 0.3) is 0 Å². The minimum Gasteiger partial charge on any atom is -0.465 e. The second-order valence-electron chi connectivity index (χ2n) is 5.43. The lowest BCUT2D eigenvalue weighted by Gasteiger charge is -2.25. The third-order valence-electron chi connectivity index (χ3n) is 3.91. The summed E-state index contributed by atoms with van der Waals surface area (Å²) in [4.78, 5) is 24.8. The topological polar surface area (TPSA) is 52.6 Å². The Morgan fingerprint density at radius 1 is 1.05 bits per heavy atom. The van der Waals surface area contributed by atoms with Crippen LogP contribution >= 0.6 is 46.4 Å². The number of halogens is 4. The molecule has 0 heterocycles. The molecule has 0 amide bonds. The van der Waals surface area contributed by atoms with Gasteiger partial charge >= 0.3 is 11.9 Å². The monoisotopic (exact) mass is 392 g/mol. The fraction of sp³-hybridized carbons (Fsp3) is 0.857. The van der Waals surface area contributed by atoms with Gasteiger partial charge in [-0.05, 0) is 44.9 Å². The number of hydrogen-bond donors (Lipinski definition) is 0. The number of rotatable bonds is 6. The molecule has 0 aliphatic heterocycles. The van der Waals surface area contributed by atoms with Crippen LogP contribution < -0.4 is 0 Å². The van der Waals surface area contributed by atoms with Gasteiger partial charge in [-0.1, -0.05) is 34.8 Å². The van der Waals surface area contributed by atoms with Crippen molar-refractivity contribution < 1.29 is 19.1 Å². The van der Waals surface area contributed by atoms with Crippen LogP contribution in [0.25, 0.3) is 0 Å². The standard InChI is InChI=1S/C14H20Cl4O4/c1-3-21-11(19)13(12(20)22-4-2)5-9(7-14(16,17)18)10(6-13)8-15/h9-10H,3-8H2,1-2H3/t9-,10+/m1/s1. The second kappa shape index (κ2) is 8.27. The van der Waals surface area contributed by atoms with Gasteiger partial charge in [0.2, 0.25) is 0 Å². The summed E-state index contributed by atoms with van der Waals surface area (Å²) in [5.74, 6) is -1.19. The quantitative estimate of drug-likeness (QED) is 0.386. The van der Waals surface area contributed by atoms with E-state index in [4.69, 9.17) is 55.9 Å². The lowest BCUT2D eigenvalue weighted by Crippen LogP contribution is -2.40. The molecule has 0 saturated heterocycles. The van der Waals surface area contributed by atoms with E-state index < -0.39 is 21.1 Å². The Morgan fingerprint density at radius 3 is 1.86 bits per heavy atom. The Morgan fingerprint density at radius 2 is 1.50 bits per heavy atom. The maximum Gasteiger partial charge on any atom is 0.323 e. The second-order valence-corrected chi connectivity index (χ2v) is 8.25. The number of carbonyl (C=O) groups is 2. The van der Waals surface area contributed by atoms with Gasteiger partial charge in [-0.15, -0.1) is 11.6 Å². The summed E-state index contributed by atoms with van der Waals surface area (Å²) in [6.07, 6.45) is 0.686. The largest absolute Gasteiger partial charge is 0.465 e. The molecule has 0 bridgehead atoms. The molecule has 22 heavy (non-hydrogen) atoms. The van der Waals surface area contributed by atoms with Gasteiger partial charge in [0.05, 0.1) is 13.2 Å². The molecule has 1 aliphatic rings. The summed E-state index contributed by atoms with van der Waals surface area (Å²) in [7, 11) is 0. The molecule has 2 atom stereocenters. The highest BCUT2D eigenvalue weighted by Crippen LogP contribution is 2.52. The predicted molar refractivity (Wildman–Crippen MR) is 87.5 cm³/mol. The van der Waals surface area contributed by atoms with Crippen LogP contribution in [0.4, 0.5) is 0 Å². The molecule has 0 aromatic heterocycles. The van der Waals surface area contributed by atoms with Crippen LogP contribution in [0, 0.1) is 17.3 Å². The van der Waals surface area contributed by atoms with Gasteiger partial charge in [0.1, 0.15) is 0 Å². The van der Waals surface area contributed by atoms with E-state index in [0.717, 1.165) is 0 Å². The van der Waals surface area contributed by atoms with Crippen molar-refractivity contribution in [2.24, 2.45) is 17.3 Å². The Labute approximate surface area is 150 Å². The van der Waals surface area contributed by atoms with E-state index in [1.54, 1.807) is 13.8 Å². The molecule has 0 unspecified atom stereocenters. The maximum atomic E-state index is 12.4. The van der Waals surface area contributed by atoms with Gasteiger partial charge in [0, 0.05) is 5.88 Å². The first-order valence-corrected chi connectivity index (χ1v) is 8.84. The molecule has 0 spiro atoms. The van der Waals surface area contributed by atoms with Crippen molar-refractivity contribution in [3.63, 3.8) is 0 Å². The van der Waals surface area contributed by atoms with Crippen LogP contribution in [0.1, 0.15) is 33.1 Å². The third-order valence-corrected chi connectivity index (χ3v) is 4.77. The van der Waals surface area contributed by atoms with E-state index in [1.807, 2.05) is 0 Å². The summed E-state index contributed by atoms with van der Waals surface area (Å²) in [6.45, 7) is 3.73. The third kappa shape index (κ3) is 4.80. The Balaban J connectivity index is 3.07. The average Bonchev–Trinajstić information content (AvgIpc) is 2.77. The van der Waals surface area contributed by atoms with Crippen molar-refractivity contribution >= 4 is 58.3 Å². The average molecular weight is 394 g/mol. The smallest absolute Gasteiger partial charge is 0.323 e. The summed E-state index contributed by atoms with van der Waals surface area (Å²) in [5.41, 5.74) is -1.36. The SMILES string of the molecule is CCOC(=O)C1(C(=O)OCC)C[C@@H](CCl)[C@@H](CC(Cl)(Cl)Cl)C1. The molecular formula is C14H20Cl4O4. The number of carbonyl (C=O) groups excluding carboxylic acids is 2. The van der Waals surface area contributed by atoms with Crippen molar-refractivity contribution in [1.82, 2.24) is 0 Å². The molecule has 1 aliphatic carbocycles. The Bertz CT molecular complexity index is 390. The molecule has 4 nitrogen and oxygen atoms in total.